The SMILES string of the molecule is CCCCCCCCC1C(CCCCCC)CCC(C)C1CCCCCCCCN(C(=O)/C=C/c1ccccc1)C(CC=O)C(=O)NCCCCCCCCC1C(CCCCCCCCN2C(=O)C=CC2=O)CCC(CCCCCC)C1CCCCCCCC. The second kappa shape index (κ2) is 51.8. The van der Waals surface area contributed by atoms with E-state index in [4.69, 9.17) is 0 Å². The predicted molar refractivity (Wildman–Crippen MR) is 383 cm³/mol. The van der Waals surface area contributed by atoms with Crippen molar-refractivity contribution in [3.05, 3.63) is 54.1 Å². The highest BCUT2D eigenvalue weighted by molar-refractivity contribution is 6.12. The first kappa shape index (κ1) is 78.9. The van der Waals surface area contributed by atoms with Gasteiger partial charge in [0.25, 0.3) is 11.8 Å². The number of rotatable bonds is 57. The molecule has 0 radical (unpaired) electrons. The highest BCUT2D eigenvalue weighted by Crippen LogP contribution is 2.49. The molecule has 4 amide bonds. The lowest BCUT2D eigenvalue weighted by Gasteiger charge is -2.44. The molecule has 514 valence electrons. The Kier molecular flexibility index (Phi) is 45.4. The van der Waals surface area contributed by atoms with Gasteiger partial charge in [-0.25, -0.2) is 0 Å². The van der Waals surface area contributed by atoms with Crippen molar-refractivity contribution >= 4 is 36.0 Å². The fourth-order valence-corrected chi connectivity index (χ4v) is 16.8. The predicted octanol–water partition coefficient (Wildman–Crippen LogP) is 22.7. The molecule has 0 spiro atoms. The van der Waals surface area contributed by atoms with Crippen LogP contribution >= 0.6 is 0 Å². The van der Waals surface area contributed by atoms with Gasteiger partial charge in [-0.2, -0.15) is 0 Å². The Hall–Kier alpha value is -3.55. The van der Waals surface area contributed by atoms with Crippen LogP contribution < -0.4 is 5.32 Å². The Labute approximate surface area is 555 Å². The van der Waals surface area contributed by atoms with Gasteiger partial charge in [0.05, 0.1) is 0 Å². The summed E-state index contributed by atoms with van der Waals surface area (Å²) in [7, 11) is 0. The molecule has 1 aliphatic heterocycles. The average Bonchev–Trinajstić information content (AvgIpc) is 2.08. The fraction of sp³-hybridized carbons (Fsp3) is 0.817. The molecule has 4 rings (SSSR count). The van der Waals surface area contributed by atoms with E-state index in [1.54, 1.807) is 11.0 Å². The van der Waals surface area contributed by atoms with Crippen molar-refractivity contribution in [3.8, 4) is 0 Å². The van der Waals surface area contributed by atoms with Gasteiger partial charge in [-0.15, -0.1) is 0 Å². The van der Waals surface area contributed by atoms with E-state index in [0.29, 0.717) is 19.6 Å². The topological polar surface area (TPSA) is 104 Å². The number of benzene rings is 1. The van der Waals surface area contributed by atoms with Gasteiger partial charge in [-0.1, -0.05) is 315 Å². The van der Waals surface area contributed by atoms with Gasteiger partial charge in [-0.3, -0.25) is 24.1 Å². The van der Waals surface area contributed by atoms with Crippen molar-refractivity contribution in [2.45, 2.75) is 362 Å². The molecule has 0 aromatic heterocycles. The van der Waals surface area contributed by atoms with Gasteiger partial charge < -0.3 is 15.0 Å². The Bertz CT molecular complexity index is 2020. The molecule has 2 saturated carbocycles. The van der Waals surface area contributed by atoms with Gasteiger partial charge in [0, 0.05) is 44.3 Å². The maximum absolute atomic E-state index is 14.1. The summed E-state index contributed by atoms with van der Waals surface area (Å²) in [5.74, 6) is 6.30. The molecular weight excluding hydrogens is 1110 g/mol. The molecule has 1 heterocycles. The number of nitrogens with zero attached hydrogens (tertiary/aromatic N) is 2. The fourth-order valence-electron chi connectivity index (χ4n) is 16.8. The molecule has 9 atom stereocenters. The molecule has 2 aliphatic carbocycles. The second-order valence-electron chi connectivity index (χ2n) is 29.3. The maximum atomic E-state index is 14.1. The van der Waals surface area contributed by atoms with Gasteiger partial charge in [0.2, 0.25) is 11.8 Å². The highest BCUT2D eigenvalue weighted by atomic mass is 16.2. The quantitative estimate of drug-likeness (QED) is 0.0303. The molecule has 8 heteroatoms. The third kappa shape index (κ3) is 33.0. The smallest absolute Gasteiger partial charge is 0.253 e. The highest BCUT2D eigenvalue weighted by Gasteiger charge is 2.39. The van der Waals surface area contributed by atoms with Crippen molar-refractivity contribution in [1.29, 1.82) is 0 Å². The number of unbranched alkanes of at least 4 members (excludes halogenated alkanes) is 31. The third-order valence-electron chi connectivity index (χ3n) is 22.2. The second-order valence-corrected chi connectivity index (χ2v) is 29.3. The summed E-state index contributed by atoms with van der Waals surface area (Å²) in [5.41, 5.74) is 0.938. The Morgan fingerprint density at radius 3 is 1.32 bits per heavy atom. The molecule has 90 heavy (non-hydrogen) atoms. The van der Waals surface area contributed by atoms with Crippen molar-refractivity contribution in [2.24, 2.45) is 47.3 Å². The normalized spacial score (nSPS) is 21.4. The molecule has 0 saturated heterocycles. The number of imide groups is 1. The van der Waals surface area contributed by atoms with Crippen LogP contribution in [0.25, 0.3) is 6.08 Å². The van der Waals surface area contributed by atoms with Crippen LogP contribution in [0.3, 0.4) is 0 Å². The van der Waals surface area contributed by atoms with Crippen molar-refractivity contribution in [3.63, 3.8) is 0 Å². The van der Waals surface area contributed by atoms with E-state index in [2.05, 4.69) is 39.9 Å². The summed E-state index contributed by atoms with van der Waals surface area (Å²) in [6, 6.07) is 9.05. The third-order valence-corrected chi connectivity index (χ3v) is 22.2. The molecule has 1 N–H and O–H groups in total. The molecule has 1 aromatic rings. The monoisotopic (exact) mass is 1250 g/mol. The zero-order valence-corrected chi connectivity index (χ0v) is 59.4. The van der Waals surface area contributed by atoms with Crippen LogP contribution in [0.15, 0.2) is 48.6 Å². The summed E-state index contributed by atoms with van der Waals surface area (Å²) in [6.45, 7) is 13.5. The van der Waals surface area contributed by atoms with Crippen LogP contribution in [-0.2, 0) is 24.0 Å². The number of hydrogen-bond acceptors (Lipinski definition) is 5. The first-order valence-corrected chi connectivity index (χ1v) is 39.5. The summed E-state index contributed by atoms with van der Waals surface area (Å²) < 4.78 is 0. The lowest BCUT2D eigenvalue weighted by atomic mass is 9.61. The number of hydrogen-bond donors (Lipinski definition) is 1. The minimum atomic E-state index is -0.812. The number of amides is 4. The van der Waals surface area contributed by atoms with Crippen molar-refractivity contribution in [2.75, 3.05) is 19.6 Å². The van der Waals surface area contributed by atoms with Crippen LogP contribution in [0.1, 0.15) is 361 Å². The summed E-state index contributed by atoms with van der Waals surface area (Å²) in [5, 5.41) is 3.19. The van der Waals surface area contributed by atoms with Crippen LogP contribution in [0, 0.1) is 47.3 Å². The summed E-state index contributed by atoms with van der Waals surface area (Å²) in [4.78, 5) is 67.4. The minimum Gasteiger partial charge on any atom is -0.354 e. The lowest BCUT2D eigenvalue weighted by molar-refractivity contribution is -0.138. The molecule has 8 nitrogen and oxygen atoms in total. The molecular formula is C82H141N3O5. The Morgan fingerprint density at radius 1 is 0.478 bits per heavy atom. The van der Waals surface area contributed by atoms with Crippen LogP contribution in [0.4, 0.5) is 0 Å². The minimum absolute atomic E-state index is 0.00414. The number of aldehydes is 1. The average molecular weight is 1250 g/mol. The number of nitrogens with one attached hydrogen (secondary N) is 1. The summed E-state index contributed by atoms with van der Waals surface area (Å²) in [6.07, 6.45) is 71.0. The standard InChI is InChI=1S/C82H141N3O5/c1-6-10-14-18-27-41-53-75-71(49-37-16-12-8-3)58-56-69(5)74(75)52-40-29-22-25-32-45-66-84(79(87)61-57-70-47-35-34-36-48-70)78(64-68-86)82(90)83-65-44-31-23-20-30-43-55-77-73(51-39-26-21-24-33-46-67-85-80(88)62-63-81(85)89)60-59-72(50-38-17-13-9-4)76(77)54-42-28-19-15-11-7-2/h34-36,47-48,57,61-63,68-69,71-78H,6-33,37-46,49-56,58-60,64-67H2,1-5H3,(H,83,90)/b61-57+. The van der Waals surface area contributed by atoms with Crippen LogP contribution in [0.2, 0.25) is 0 Å². The maximum Gasteiger partial charge on any atom is 0.253 e. The Balaban J connectivity index is 1.25. The van der Waals surface area contributed by atoms with E-state index in [-0.39, 0.29) is 30.0 Å². The molecule has 9 unspecified atom stereocenters. The van der Waals surface area contributed by atoms with Gasteiger partial charge >= 0.3 is 0 Å². The van der Waals surface area contributed by atoms with E-state index in [1.165, 1.54) is 287 Å². The first-order chi connectivity index (χ1) is 44.2. The largest absolute Gasteiger partial charge is 0.354 e. The Morgan fingerprint density at radius 2 is 0.856 bits per heavy atom. The van der Waals surface area contributed by atoms with Gasteiger partial charge in [-0.05, 0) is 123 Å². The van der Waals surface area contributed by atoms with E-state index in [0.717, 1.165) is 104 Å². The van der Waals surface area contributed by atoms with E-state index < -0.39 is 6.04 Å². The van der Waals surface area contributed by atoms with E-state index >= 15 is 0 Å². The number of carbonyl (C=O) groups is 5. The van der Waals surface area contributed by atoms with Crippen molar-refractivity contribution < 1.29 is 24.0 Å². The first-order valence-electron chi connectivity index (χ1n) is 39.5. The summed E-state index contributed by atoms with van der Waals surface area (Å²) >= 11 is 0. The lowest BCUT2D eigenvalue weighted by Crippen LogP contribution is -2.50. The number of carbonyl (C=O) groups excluding carboxylic acids is 5. The van der Waals surface area contributed by atoms with E-state index in [1.807, 2.05) is 36.4 Å². The molecule has 1 aromatic carbocycles. The zero-order chi connectivity index (χ0) is 64.5. The van der Waals surface area contributed by atoms with Gasteiger partial charge in [0.1, 0.15) is 12.3 Å². The molecule has 2 fully saturated rings. The van der Waals surface area contributed by atoms with Crippen LogP contribution in [0.5, 0.6) is 0 Å². The van der Waals surface area contributed by atoms with Gasteiger partial charge in [0.15, 0.2) is 0 Å². The van der Waals surface area contributed by atoms with Crippen molar-refractivity contribution in [1.82, 2.24) is 15.1 Å². The molecule has 0 bridgehead atoms. The zero-order valence-electron chi connectivity index (χ0n) is 59.4. The van der Waals surface area contributed by atoms with E-state index in [9.17, 15) is 24.0 Å². The molecule has 3 aliphatic rings. The van der Waals surface area contributed by atoms with Crippen LogP contribution in [-0.4, -0.2) is 65.4 Å².